The molecule has 0 bridgehead atoms. The number of carbonyl (C=O) groups excluding carboxylic acids is 1. The number of nitrogens with one attached hydrogen (secondary N) is 1. The van der Waals surface area contributed by atoms with Gasteiger partial charge in [0.05, 0.1) is 5.69 Å². The van der Waals surface area contributed by atoms with Gasteiger partial charge in [0.25, 0.3) is 0 Å². The highest BCUT2D eigenvalue weighted by Gasteiger charge is 2.11. The number of carbonyl (C=O) groups is 1. The van der Waals surface area contributed by atoms with Crippen LogP contribution in [0.3, 0.4) is 0 Å². The lowest BCUT2D eigenvalue weighted by Gasteiger charge is -2.19. The normalized spacial score (nSPS) is 10.2. The maximum Gasteiger partial charge on any atom is 0.321 e. The first-order valence-corrected chi connectivity index (χ1v) is 7.72. The summed E-state index contributed by atoms with van der Waals surface area (Å²) in [5, 5.41) is 2.87. The molecule has 3 nitrogen and oxygen atoms in total. The molecule has 1 N–H and O–H groups in total. The molecule has 0 unspecified atom stereocenters. The highest BCUT2D eigenvalue weighted by Crippen LogP contribution is 2.24. The first kappa shape index (κ1) is 15.4. The zero-order valence-corrected chi connectivity index (χ0v) is 12.8. The summed E-state index contributed by atoms with van der Waals surface area (Å²) in [5.41, 5.74) is 1.53. The summed E-state index contributed by atoms with van der Waals surface area (Å²) in [4.78, 5) is 14.7. The van der Waals surface area contributed by atoms with E-state index in [1.165, 1.54) is 17.0 Å². The number of amides is 2. The van der Waals surface area contributed by atoms with E-state index in [2.05, 4.69) is 5.32 Å². The lowest BCUT2D eigenvalue weighted by Crippen LogP contribution is -2.31. The largest absolute Gasteiger partial charge is 0.323 e. The van der Waals surface area contributed by atoms with Crippen LogP contribution in [0.2, 0.25) is 0 Å². The van der Waals surface area contributed by atoms with Crippen molar-refractivity contribution < 1.29 is 9.18 Å². The van der Waals surface area contributed by atoms with E-state index in [9.17, 15) is 9.18 Å². The molecule has 0 fully saturated rings. The predicted octanol–water partition coefficient (Wildman–Crippen LogP) is 4.21. The Labute approximate surface area is 128 Å². The standard InChI is InChI=1S/C16H17FN2OS/c1-19(11-12-6-5-7-13(17)10-12)16(20)18-14-8-3-4-9-15(14)21-2/h3-10H,11H2,1-2H3,(H,18,20). The van der Waals surface area contributed by atoms with Crippen LogP contribution in [-0.2, 0) is 6.54 Å². The maximum atomic E-state index is 13.1. The quantitative estimate of drug-likeness (QED) is 0.858. The van der Waals surface area contributed by atoms with Crippen molar-refractivity contribution in [2.75, 3.05) is 18.6 Å². The van der Waals surface area contributed by atoms with Crippen LogP contribution >= 0.6 is 11.8 Å². The molecule has 0 aliphatic rings. The number of benzene rings is 2. The van der Waals surface area contributed by atoms with Crippen LogP contribution in [0.4, 0.5) is 14.9 Å². The third kappa shape index (κ3) is 4.23. The van der Waals surface area contributed by atoms with Gasteiger partial charge >= 0.3 is 6.03 Å². The Morgan fingerprint density at radius 3 is 2.71 bits per heavy atom. The minimum Gasteiger partial charge on any atom is -0.323 e. The van der Waals surface area contributed by atoms with Crippen LogP contribution in [0, 0.1) is 5.82 Å². The molecule has 0 aliphatic carbocycles. The van der Waals surface area contributed by atoms with E-state index in [0.29, 0.717) is 6.54 Å². The van der Waals surface area contributed by atoms with Gasteiger partial charge in [0.2, 0.25) is 0 Å². The molecule has 2 aromatic carbocycles. The third-order valence-electron chi connectivity index (χ3n) is 3.00. The first-order valence-electron chi connectivity index (χ1n) is 6.49. The lowest BCUT2D eigenvalue weighted by atomic mass is 10.2. The van der Waals surface area contributed by atoms with E-state index >= 15 is 0 Å². The maximum absolute atomic E-state index is 13.1. The number of halogens is 1. The molecule has 0 saturated carbocycles. The molecular weight excluding hydrogens is 287 g/mol. The number of rotatable bonds is 4. The van der Waals surface area contributed by atoms with Crippen molar-refractivity contribution in [3.8, 4) is 0 Å². The fourth-order valence-electron chi connectivity index (χ4n) is 1.94. The van der Waals surface area contributed by atoms with E-state index < -0.39 is 0 Å². The molecule has 2 aromatic rings. The molecule has 2 rings (SSSR count). The number of anilines is 1. The Morgan fingerprint density at radius 2 is 2.00 bits per heavy atom. The molecule has 0 saturated heterocycles. The Balaban J connectivity index is 2.02. The Kier molecular flexibility index (Phi) is 5.22. The molecule has 21 heavy (non-hydrogen) atoms. The molecule has 0 heterocycles. The molecular formula is C16H17FN2OS. The summed E-state index contributed by atoms with van der Waals surface area (Å²) < 4.78 is 13.1. The van der Waals surface area contributed by atoms with Crippen molar-refractivity contribution in [1.82, 2.24) is 4.90 Å². The number of urea groups is 1. The zero-order valence-electron chi connectivity index (χ0n) is 12.0. The van der Waals surface area contributed by atoms with E-state index in [0.717, 1.165) is 16.1 Å². The summed E-state index contributed by atoms with van der Waals surface area (Å²) in [5.74, 6) is -0.297. The Morgan fingerprint density at radius 1 is 1.24 bits per heavy atom. The van der Waals surface area contributed by atoms with Crippen molar-refractivity contribution >= 4 is 23.5 Å². The van der Waals surface area contributed by atoms with Crippen LogP contribution in [0.1, 0.15) is 5.56 Å². The van der Waals surface area contributed by atoms with Crippen molar-refractivity contribution in [1.29, 1.82) is 0 Å². The van der Waals surface area contributed by atoms with E-state index in [4.69, 9.17) is 0 Å². The first-order chi connectivity index (χ1) is 10.1. The Bertz CT molecular complexity index is 633. The molecule has 0 spiro atoms. The highest BCUT2D eigenvalue weighted by molar-refractivity contribution is 7.98. The fourth-order valence-corrected chi connectivity index (χ4v) is 2.49. The minimum atomic E-state index is -0.297. The smallest absolute Gasteiger partial charge is 0.321 e. The van der Waals surface area contributed by atoms with E-state index in [1.807, 2.05) is 30.5 Å². The molecule has 0 atom stereocenters. The van der Waals surface area contributed by atoms with Crippen LogP contribution < -0.4 is 5.32 Å². The molecule has 0 aromatic heterocycles. The summed E-state index contributed by atoms with van der Waals surface area (Å²) in [6.07, 6.45) is 1.96. The van der Waals surface area contributed by atoms with Gasteiger partial charge in [-0.25, -0.2) is 9.18 Å². The monoisotopic (exact) mass is 304 g/mol. The second-order valence-corrected chi connectivity index (χ2v) is 5.46. The zero-order chi connectivity index (χ0) is 15.2. The summed E-state index contributed by atoms with van der Waals surface area (Å²) in [7, 11) is 1.68. The van der Waals surface area contributed by atoms with Crippen LogP contribution in [-0.4, -0.2) is 24.2 Å². The van der Waals surface area contributed by atoms with E-state index in [-0.39, 0.29) is 11.8 Å². The van der Waals surface area contributed by atoms with Gasteiger partial charge in [-0.15, -0.1) is 11.8 Å². The molecule has 110 valence electrons. The van der Waals surface area contributed by atoms with Crippen LogP contribution in [0.15, 0.2) is 53.4 Å². The van der Waals surface area contributed by atoms with Crippen molar-refractivity contribution in [3.63, 3.8) is 0 Å². The molecule has 0 radical (unpaired) electrons. The second kappa shape index (κ2) is 7.13. The van der Waals surface area contributed by atoms with Gasteiger partial charge < -0.3 is 10.2 Å². The molecule has 2 amide bonds. The van der Waals surface area contributed by atoms with Gasteiger partial charge in [-0.3, -0.25) is 0 Å². The molecule has 5 heteroatoms. The molecule has 0 aliphatic heterocycles. The Hall–Kier alpha value is -2.01. The SMILES string of the molecule is CSc1ccccc1NC(=O)N(C)Cc1cccc(F)c1. The number of hydrogen-bond acceptors (Lipinski definition) is 2. The van der Waals surface area contributed by atoms with Gasteiger partial charge in [-0.05, 0) is 36.1 Å². The number of hydrogen-bond donors (Lipinski definition) is 1. The number of para-hydroxylation sites is 1. The number of thioether (sulfide) groups is 1. The van der Waals surface area contributed by atoms with E-state index in [1.54, 1.807) is 30.9 Å². The van der Waals surface area contributed by atoms with Gasteiger partial charge in [-0.1, -0.05) is 24.3 Å². The van der Waals surface area contributed by atoms with Crippen molar-refractivity contribution in [2.45, 2.75) is 11.4 Å². The summed E-state index contributed by atoms with van der Waals surface area (Å²) in [6.45, 7) is 0.352. The summed E-state index contributed by atoms with van der Waals surface area (Å²) >= 11 is 1.57. The van der Waals surface area contributed by atoms with Gasteiger partial charge in [-0.2, -0.15) is 0 Å². The van der Waals surface area contributed by atoms with Gasteiger partial charge in [0.1, 0.15) is 5.82 Å². The van der Waals surface area contributed by atoms with Gasteiger partial charge in [0, 0.05) is 18.5 Å². The van der Waals surface area contributed by atoms with Gasteiger partial charge in [0.15, 0.2) is 0 Å². The summed E-state index contributed by atoms with van der Waals surface area (Å²) in [6, 6.07) is 13.6. The van der Waals surface area contributed by atoms with Crippen LogP contribution in [0.5, 0.6) is 0 Å². The topological polar surface area (TPSA) is 32.3 Å². The average molecular weight is 304 g/mol. The minimum absolute atomic E-state index is 0.222. The third-order valence-corrected chi connectivity index (χ3v) is 3.80. The fraction of sp³-hybridized carbons (Fsp3) is 0.188. The lowest BCUT2D eigenvalue weighted by molar-refractivity contribution is 0.220. The highest BCUT2D eigenvalue weighted by atomic mass is 32.2. The number of nitrogens with zero attached hydrogens (tertiary/aromatic N) is 1. The average Bonchev–Trinajstić information content (AvgIpc) is 2.47. The van der Waals surface area contributed by atoms with Crippen molar-refractivity contribution in [2.24, 2.45) is 0 Å². The van der Waals surface area contributed by atoms with Crippen LogP contribution in [0.25, 0.3) is 0 Å². The predicted molar refractivity (Wildman–Crippen MR) is 85.1 cm³/mol. The second-order valence-electron chi connectivity index (χ2n) is 4.62. The van der Waals surface area contributed by atoms with Crippen molar-refractivity contribution in [3.05, 3.63) is 59.9 Å².